The van der Waals surface area contributed by atoms with Crippen LogP contribution in [0.3, 0.4) is 0 Å². The quantitative estimate of drug-likeness (QED) is 0.373. The number of rotatable bonds is 10. The van der Waals surface area contributed by atoms with E-state index in [0.29, 0.717) is 0 Å². The Labute approximate surface area is 183 Å². The Balaban J connectivity index is 0.00000364. The van der Waals surface area contributed by atoms with Crippen molar-refractivity contribution in [3.63, 3.8) is 0 Å². The molecular weight excluding hydrogens is 375 g/mol. The third-order valence-electron chi connectivity index (χ3n) is 4.17. The molecule has 0 aliphatic heterocycles. The fraction of sp³-hybridized carbons (Fsp3) is 0.400. The van der Waals surface area contributed by atoms with Crippen molar-refractivity contribution in [3.05, 3.63) is 48.0 Å². The maximum absolute atomic E-state index is 12.2. The average Bonchev–Trinajstić information content (AvgIpc) is 2.60. The van der Waals surface area contributed by atoms with Gasteiger partial charge in [0.05, 0.1) is 0 Å². The molecular formula is C20H25NaO5S. The molecule has 0 saturated carbocycles. The summed E-state index contributed by atoms with van der Waals surface area (Å²) in [5, 5.41) is 12.2. The van der Waals surface area contributed by atoms with Gasteiger partial charge in [0.1, 0.15) is 16.4 Å². The van der Waals surface area contributed by atoms with Gasteiger partial charge in [0.2, 0.25) is 0 Å². The summed E-state index contributed by atoms with van der Waals surface area (Å²) in [5.74, 6) is -0.345. The summed E-state index contributed by atoms with van der Waals surface area (Å²) in [6.45, 7) is 2.19. The normalized spacial score (nSPS) is 11.0. The first-order valence-corrected chi connectivity index (χ1v) is 10.4. The van der Waals surface area contributed by atoms with Gasteiger partial charge in [-0.2, -0.15) is 8.42 Å². The summed E-state index contributed by atoms with van der Waals surface area (Å²) in [7, 11) is -4.42. The van der Waals surface area contributed by atoms with Gasteiger partial charge in [-0.15, -0.1) is 0 Å². The van der Waals surface area contributed by atoms with Crippen molar-refractivity contribution >= 4 is 10.1 Å². The zero-order chi connectivity index (χ0) is 19.0. The summed E-state index contributed by atoms with van der Waals surface area (Å²) in [6, 6.07) is 10.6. The van der Waals surface area contributed by atoms with E-state index in [9.17, 15) is 18.1 Å². The molecule has 27 heavy (non-hydrogen) atoms. The van der Waals surface area contributed by atoms with Crippen molar-refractivity contribution in [2.75, 3.05) is 0 Å². The van der Waals surface area contributed by atoms with Crippen LogP contribution in [-0.4, -0.2) is 13.0 Å². The minimum absolute atomic E-state index is 0. The Hall–Kier alpha value is -1.05. The van der Waals surface area contributed by atoms with Gasteiger partial charge in [-0.1, -0.05) is 69.0 Å². The molecule has 5 nitrogen and oxygen atoms in total. The molecule has 7 heteroatoms. The second-order valence-electron chi connectivity index (χ2n) is 6.32. The van der Waals surface area contributed by atoms with Gasteiger partial charge in [0.25, 0.3) is 10.1 Å². The number of aryl methyl sites for hydroxylation is 1. The molecule has 0 unspecified atom stereocenters. The monoisotopic (exact) mass is 400 g/mol. The topological polar surface area (TPSA) is 86.7 Å². The zero-order valence-electron chi connectivity index (χ0n) is 16.0. The number of para-hydroxylation sites is 1. The molecule has 0 aliphatic rings. The average molecular weight is 400 g/mol. The van der Waals surface area contributed by atoms with Gasteiger partial charge in [0, 0.05) is 0 Å². The fourth-order valence-corrected chi connectivity index (χ4v) is 3.38. The van der Waals surface area contributed by atoms with Gasteiger partial charge >= 0.3 is 29.6 Å². The molecule has 2 aromatic carbocycles. The molecule has 2 rings (SSSR count). The van der Waals surface area contributed by atoms with E-state index in [1.807, 2.05) is 6.07 Å². The first-order chi connectivity index (χ1) is 12.4. The molecule has 0 aliphatic carbocycles. The molecule has 2 aromatic rings. The molecule has 0 heterocycles. The van der Waals surface area contributed by atoms with Crippen LogP contribution in [0.5, 0.6) is 17.2 Å². The second-order valence-corrected chi connectivity index (χ2v) is 7.71. The first kappa shape index (κ1) is 24.0. The van der Waals surface area contributed by atoms with Gasteiger partial charge in [-0.05, 0) is 36.6 Å². The van der Waals surface area contributed by atoms with Gasteiger partial charge in [-0.25, -0.2) is 0 Å². The maximum Gasteiger partial charge on any atom is 1.00 e. The van der Waals surface area contributed by atoms with E-state index in [1.165, 1.54) is 49.9 Å². The molecule has 142 valence electrons. The summed E-state index contributed by atoms with van der Waals surface area (Å²) >= 11 is 0. The molecule has 0 atom stereocenters. The van der Waals surface area contributed by atoms with Crippen molar-refractivity contribution in [1.29, 1.82) is 0 Å². The predicted octanol–water partition coefficient (Wildman–Crippen LogP) is 1.71. The van der Waals surface area contributed by atoms with E-state index in [2.05, 4.69) is 6.92 Å². The minimum atomic E-state index is -4.42. The number of hydrogen-bond donors (Lipinski definition) is 1. The Kier molecular flexibility index (Phi) is 10.4. The van der Waals surface area contributed by atoms with E-state index < -0.39 is 10.1 Å². The Morgan fingerprint density at radius 3 is 2.30 bits per heavy atom. The van der Waals surface area contributed by atoms with Gasteiger partial charge in [0.15, 0.2) is 0 Å². The molecule has 0 radical (unpaired) electrons. The maximum atomic E-state index is 12.2. The Bertz CT molecular complexity index is 821. The van der Waals surface area contributed by atoms with Crippen LogP contribution < -0.4 is 39.4 Å². The first-order valence-electron chi connectivity index (χ1n) is 8.96. The zero-order valence-corrected chi connectivity index (χ0v) is 18.8. The van der Waals surface area contributed by atoms with Crippen LogP contribution in [0.25, 0.3) is 0 Å². The number of hydrogen-bond acceptors (Lipinski definition) is 4. The smallest absolute Gasteiger partial charge is 0.870 e. The fourth-order valence-electron chi connectivity index (χ4n) is 2.77. The van der Waals surface area contributed by atoms with E-state index in [4.69, 9.17) is 4.74 Å². The van der Waals surface area contributed by atoms with Crippen LogP contribution in [-0.2, 0) is 16.5 Å². The largest absolute Gasteiger partial charge is 1.00 e. The van der Waals surface area contributed by atoms with Crippen LogP contribution in [0.4, 0.5) is 0 Å². The summed E-state index contributed by atoms with van der Waals surface area (Å²) in [5.41, 5.74) is 0.945. The molecule has 1 N–H and O–H groups in total. The minimum Gasteiger partial charge on any atom is -0.870 e. The second kappa shape index (κ2) is 11.7. The van der Waals surface area contributed by atoms with Crippen LogP contribution >= 0.6 is 0 Å². The molecule has 0 saturated heterocycles. The third-order valence-corrected chi connectivity index (χ3v) is 5.07. The van der Waals surface area contributed by atoms with Crippen molar-refractivity contribution in [2.45, 2.75) is 56.8 Å². The van der Waals surface area contributed by atoms with Crippen molar-refractivity contribution in [2.24, 2.45) is 0 Å². The van der Waals surface area contributed by atoms with Crippen molar-refractivity contribution < 1.29 is 52.4 Å². The number of unbranched alkanes of at least 4 members (excludes halogenated alkanes) is 5. The van der Waals surface area contributed by atoms with E-state index in [-0.39, 0.29) is 51.7 Å². The molecule has 0 bridgehead atoms. The van der Waals surface area contributed by atoms with E-state index in [0.717, 1.165) is 24.8 Å². The van der Waals surface area contributed by atoms with Crippen molar-refractivity contribution in [3.8, 4) is 17.2 Å². The molecule has 0 amide bonds. The molecule has 0 spiro atoms. The Morgan fingerprint density at radius 1 is 0.963 bits per heavy atom. The van der Waals surface area contributed by atoms with Crippen molar-refractivity contribution in [1.82, 2.24) is 0 Å². The number of ether oxygens (including phenoxy) is 1. The van der Waals surface area contributed by atoms with E-state index >= 15 is 0 Å². The van der Waals surface area contributed by atoms with Crippen LogP contribution in [0.2, 0.25) is 0 Å². The molecule has 0 fully saturated rings. The SMILES string of the molecule is CCCCCCCCc1ccc(Oc2ccccc2S(=O)(=O)O)c([O-])c1.[Na+]. The van der Waals surface area contributed by atoms with E-state index in [1.54, 1.807) is 12.1 Å². The standard InChI is InChI=1S/C20H26O5S.Na/c1-2-3-4-5-6-7-10-16-13-14-18(17(21)15-16)25-19-11-8-9-12-20(19)26(22,23)24;/h8-9,11-15,21H,2-7,10H2,1H3,(H,22,23,24);/q;+1/p-1. The summed E-state index contributed by atoms with van der Waals surface area (Å²) in [6.07, 6.45) is 7.98. The summed E-state index contributed by atoms with van der Waals surface area (Å²) < 4.78 is 37.5. The number of benzene rings is 2. The third kappa shape index (κ3) is 7.84. The predicted molar refractivity (Wildman–Crippen MR) is 99.3 cm³/mol. The Morgan fingerprint density at radius 2 is 1.63 bits per heavy atom. The van der Waals surface area contributed by atoms with Crippen LogP contribution in [0.1, 0.15) is 51.0 Å². The molecule has 0 aromatic heterocycles. The summed E-state index contributed by atoms with van der Waals surface area (Å²) in [4.78, 5) is -0.365. The van der Waals surface area contributed by atoms with Gasteiger partial charge in [-0.3, -0.25) is 4.55 Å². The van der Waals surface area contributed by atoms with Gasteiger partial charge < -0.3 is 9.84 Å². The van der Waals surface area contributed by atoms with Crippen LogP contribution in [0.15, 0.2) is 47.4 Å². The van der Waals surface area contributed by atoms with Crippen LogP contribution in [0, 0.1) is 0 Å².